The first-order valence-corrected chi connectivity index (χ1v) is 11.7. The van der Waals surface area contributed by atoms with Gasteiger partial charge in [-0.2, -0.15) is 4.98 Å². The maximum atomic E-state index is 13.2. The minimum atomic E-state index is 0.0364. The second kappa shape index (κ2) is 7.94. The van der Waals surface area contributed by atoms with Crippen LogP contribution in [0.15, 0.2) is 56.8 Å². The van der Waals surface area contributed by atoms with Gasteiger partial charge in [0.1, 0.15) is 4.88 Å². The normalized spacial score (nSPS) is 13.1. The molecule has 0 spiro atoms. The number of benzene rings is 2. The number of amides is 1. The van der Waals surface area contributed by atoms with E-state index in [0.717, 1.165) is 48.6 Å². The molecule has 0 saturated carbocycles. The molecule has 156 valence electrons. The summed E-state index contributed by atoms with van der Waals surface area (Å²) in [5.74, 6) is 1.04. The molecule has 3 heterocycles. The van der Waals surface area contributed by atoms with Crippen LogP contribution in [0.25, 0.3) is 22.2 Å². The van der Waals surface area contributed by atoms with Crippen LogP contribution >= 0.6 is 23.1 Å². The Bertz CT molecular complexity index is 1290. The third-order valence-electron chi connectivity index (χ3n) is 5.06. The number of thiazole rings is 1. The van der Waals surface area contributed by atoms with Crippen molar-refractivity contribution in [3.63, 3.8) is 0 Å². The Morgan fingerprint density at radius 2 is 1.90 bits per heavy atom. The molecule has 0 radical (unpaired) electrons. The number of rotatable bonds is 4. The molecule has 0 bridgehead atoms. The van der Waals surface area contributed by atoms with E-state index in [1.807, 2.05) is 61.2 Å². The van der Waals surface area contributed by atoms with Crippen LogP contribution in [0.5, 0.6) is 0 Å². The molecular weight excluding hydrogens is 428 g/mol. The van der Waals surface area contributed by atoms with Crippen LogP contribution < -0.4 is 4.90 Å². The number of hydrogen-bond donors (Lipinski definition) is 0. The Balaban J connectivity index is 1.57. The van der Waals surface area contributed by atoms with Gasteiger partial charge in [-0.05, 0) is 50.6 Å². The molecule has 31 heavy (non-hydrogen) atoms. The number of anilines is 1. The predicted molar refractivity (Wildman–Crippen MR) is 123 cm³/mol. The third kappa shape index (κ3) is 3.55. The number of aryl methyl sites for hydroxylation is 2. The summed E-state index contributed by atoms with van der Waals surface area (Å²) in [6.45, 7) is 6.65. The van der Waals surface area contributed by atoms with Gasteiger partial charge in [0.2, 0.25) is 5.82 Å². The maximum Gasteiger partial charge on any atom is 0.270 e. The van der Waals surface area contributed by atoms with Crippen molar-refractivity contribution < 1.29 is 9.32 Å². The highest BCUT2D eigenvalue weighted by atomic mass is 32.2. The van der Waals surface area contributed by atoms with Gasteiger partial charge in [-0.1, -0.05) is 36.0 Å². The van der Waals surface area contributed by atoms with E-state index in [9.17, 15) is 4.79 Å². The van der Waals surface area contributed by atoms with Gasteiger partial charge in [-0.15, -0.1) is 11.3 Å². The van der Waals surface area contributed by atoms with Gasteiger partial charge in [0.25, 0.3) is 11.8 Å². The van der Waals surface area contributed by atoms with Crippen molar-refractivity contribution in [2.24, 2.45) is 0 Å². The molecule has 0 unspecified atom stereocenters. The lowest BCUT2D eigenvalue weighted by molar-refractivity contribution is 0.0984. The van der Waals surface area contributed by atoms with Crippen LogP contribution in [0.3, 0.4) is 0 Å². The minimum absolute atomic E-state index is 0.0364. The van der Waals surface area contributed by atoms with Crippen molar-refractivity contribution in [1.29, 1.82) is 0 Å². The molecule has 4 aromatic rings. The molecule has 8 heteroatoms. The molecule has 2 aromatic heterocycles. The summed E-state index contributed by atoms with van der Waals surface area (Å²) in [5.41, 5.74) is 3.38. The van der Waals surface area contributed by atoms with Gasteiger partial charge < -0.3 is 9.42 Å². The predicted octanol–water partition coefficient (Wildman–Crippen LogP) is 6.00. The van der Waals surface area contributed by atoms with Crippen molar-refractivity contribution in [2.45, 2.75) is 37.0 Å². The first kappa shape index (κ1) is 20.0. The third-order valence-corrected chi connectivity index (χ3v) is 7.25. The molecule has 0 saturated heterocycles. The number of carbonyl (C=O) groups excluding carboxylic acids is 1. The molecule has 1 aliphatic heterocycles. The quantitative estimate of drug-likeness (QED) is 0.381. The fourth-order valence-corrected chi connectivity index (χ4v) is 5.63. The molecule has 0 N–H and O–H groups in total. The molecule has 2 aromatic carbocycles. The van der Waals surface area contributed by atoms with E-state index in [1.54, 1.807) is 23.1 Å². The van der Waals surface area contributed by atoms with E-state index in [4.69, 9.17) is 4.52 Å². The van der Waals surface area contributed by atoms with Crippen LogP contribution in [0.1, 0.15) is 34.4 Å². The van der Waals surface area contributed by atoms with Crippen molar-refractivity contribution in [3.05, 3.63) is 58.7 Å². The zero-order chi connectivity index (χ0) is 21.5. The van der Waals surface area contributed by atoms with Crippen molar-refractivity contribution in [1.82, 2.24) is 15.1 Å². The molecule has 6 nitrogen and oxygen atoms in total. The Labute approximate surface area is 188 Å². The van der Waals surface area contributed by atoms with Crippen LogP contribution in [-0.2, 0) is 0 Å². The van der Waals surface area contributed by atoms with Gasteiger partial charge in [0, 0.05) is 21.9 Å². The zero-order valence-electron chi connectivity index (χ0n) is 17.4. The Kier molecular flexibility index (Phi) is 5.11. The van der Waals surface area contributed by atoms with Crippen LogP contribution in [0, 0.1) is 13.8 Å². The smallest absolute Gasteiger partial charge is 0.270 e. The summed E-state index contributed by atoms with van der Waals surface area (Å²) < 4.78 is 5.54. The zero-order valence-corrected chi connectivity index (χ0v) is 19.0. The number of fused-ring (bicyclic) bond motifs is 2. The molecule has 0 aliphatic carbocycles. The lowest BCUT2D eigenvalue weighted by Gasteiger charge is -2.22. The highest BCUT2D eigenvalue weighted by molar-refractivity contribution is 7.99. The fourth-order valence-electron chi connectivity index (χ4n) is 3.67. The number of nitrogens with zero attached hydrogens (tertiary/aromatic N) is 4. The molecule has 1 aliphatic rings. The second-order valence-corrected chi connectivity index (χ2v) is 9.60. The monoisotopic (exact) mass is 448 g/mol. The van der Waals surface area contributed by atoms with Gasteiger partial charge >= 0.3 is 0 Å². The Morgan fingerprint density at radius 1 is 1.06 bits per heavy atom. The van der Waals surface area contributed by atoms with Gasteiger partial charge in [-0.3, -0.25) is 4.79 Å². The Hall–Kier alpha value is -2.97. The highest BCUT2D eigenvalue weighted by Gasteiger charge is 2.27. The van der Waals surface area contributed by atoms with Crippen molar-refractivity contribution >= 4 is 34.7 Å². The lowest BCUT2D eigenvalue weighted by Crippen LogP contribution is -2.31. The van der Waals surface area contributed by atoms with E-state index in [-0.39, 0.29) is 5.91 Å². The van der Waals surface area contributed by atoms with Crippen LogP contribution in [0.2, 0.25) is 0 Å². The second-order valence-electron chi connectivity index (χ2n) is 7.31. The molecular formula is C23H20N4O2S2. The topological polar surface area (TPSA) is 72.1 Å². The number of hydrogen-bond acceptors (Lipinski definition) is 7. The lowest BCUT2D eigenvalue weighted by atomic mass is 10.1. The summed E-state index contributed by atoms with van der Waals surface area (Å²) in [5, 5.41) is 5.17. The largest absolute Gasteiger partial charge is 0.333 e. The van der Waals surface area contributed by atoms with Crippen molar-refractivity contribution in [2.75, 3.05) is 11.4 Å². The molecule has 0 fully saturated rings. The molecule has 1 amide bonds. The van der Waals surface area contributed by atoms with Crippen molar-refractivity contribution in [3.8, 4) is 22.2 Å². The molecule has 5 rings (SSSR count). The summed E-state index contributed by atoms with van der Waals surface area (Å²) in [6, 6.07) is 13.7. The van der Waals surface area contributed by atoms with E-state index < -0.39 is 0 Å². The fraction of sp³-hybridized carbons (Fsp3) is 0.217. The van der Waals surface area contributed by atoms with Crippen LogP contribution in [-0.4, -0.2) is 27.6 Å². The average Bonchev–Trinajstić information content (AvgIpc) is 3.35. The average molecular weight is 449 g/mol. The summed E-state index contributed by atoms with van der Waals surface area (Å²) in [4.78, 5) is 27.0. The van der Waals surface area contributed by atoms with Gasteiger partial charge in [-0.25, -0.2) is 4.98 Å². The SMILES string of the molecule is CCCN1C(=O)c2ccccc2Sc2cc(-c3noc(-c4sc(C)nc4C)n3)ccc21. The van der Waals surface area contributed by atoms with Gasteiger partial charge in [0.15, 0.2) is 0 Å². The standard InChI is InChI=1S/C23H20N4O2S2/c1-4-11-27-17-10-9-15(12-19(17)31-18-8-6-5-7-16(18)23(27)28)21-25-22(29-26-21)20-13(2)24-14(3)30-20/h5-10,12H,4,11H2,1-3H3. The van der Waals surface area contributed by atoms with E-state index in [0.29, 0.717) is 18.3 Å². The Morgan fingerprint density at radius 3 is 2.68 bits per heavy atom. The van der Waals surface area contributed by atoms with E-state index in [2.05, 4.69) is 22.0 Å². The van der Waals surface area contributed by atoms with Crippen LogP contribution in [0.4, 0.5) is 5.69 Å². The highest BCUT2D eigenvalue weighted by Crippen LogP contribution is 2.43. The van der Waals surface area contributed by atoms with E-state index in [1.165, 1.54) is 0 Å². The summed E-state index contributed by atoms with van der Waals surface area (Å²) in [6.07, 6.45) is 0.877. The first-order valence-electron chi connectivity index (χ1n) is 10.1. The minimum Gasteiger partial charge on any atom is -0.333 e. The number of aromatic nitrogens is 3. The first-order chi connectivity index (χ1) is 15.0. The summed E-state index contributed by atoms with van der Waals surface area (Å²) in [7, 11) is 0. The van der Waals surface area contributed by atoms with Gasteiger partial charge in [0.05, 0.1) is 22.0 Å². The maximum absolute atomic E-state index is 13.2. The molecule has 0 atom stereocenters. The van der Waals surface area contributed by atoms with E-state index >= 15 is 0 Å². The number of carbonyl (C=O) groups is 1. The summed E-state index contributed by atoms with van der Waals surface area (Å²) >= 11 is 3.14.